The molecule has 2 aliphatic rings. The lowest BCUT2D eigenvalue weighted by Crippen LogP contribution is -2.62. The van der Waals surface area contributed by atoms with E-state index in [2.05, 4.69) is 12.2 Å². The van der Waals surface area contributed by atoms with E-state index in [-0.39, 0.29) is 25.0 Å². The van der Waals surface area contributed by atoms with Crippen molar-refractivity contribution in [2.24, 2.45) is 5.92 Å². The number of carbonyl (C=O) groups excluding carboxylic acids is 2. The van der Waals surface area contributed by atoms with Crippen molar-refractivity contribution < 1.29 is 19.5 Å². The van der Waals surface area contributed by atoms with Gasteiger partial charge in [-0.15, -0.1) is 0 Å². The summed E-state index contributed by atoms with van der Waals surface area (Å²) in [6.07, 6.45) is 2.99. The van der Waals surface area contributed by atoms with Gasteiger partial charge in [-0.25, -0.2) is 9.59 Å². The molecule has 2 saturated heterocycles. The number of carbonyl (C=O) groups is 3. The van der Waals surface area contributed by atoms with Gasteiger partial charge in [-0.05, 0) is 18.8 Å². The Kier molecular flexibility index (Phi) is 4.46. The van der Waals surface area contributed by atoms with Crippen LogP contribution < -0.4 is 5.32 Å². The van der Waals surface area contributed by atoms with Crippen LogP contribution in [0.2, 0.25) is 0 Å². The highest BCUT2D eigenvalue weighted by molar-refractivity contribution is 5.90. The number of amides is 3. The fraction of sp³-hybridized carbons (Fsp3) is 0.769. The van der Waals surface area contributed by atoms with Crippen molar-refractivity contribution in [3.05, 3.63) is 0 Å². The largest absolute Gasteiger partial charge is 0.480 e. The minimum atomic E-state index is -1.08. The second-order valence-electron chi connectivity index (χ2n) is 5.41. The second-order valence-corrected chi connectivity index (χ2v) is 5.41. The molecule has 0 bridgehead atoms. The molecule has 3 amide bonds. The second kappa shape index (κ2) is 6.11. The van der Waals surface area contributed by atoms with E-state index in [1.807, 2.05) is 0 Å². The third kappa shape index (κ3) is 3.02. The van der Waals surface area contributed by atoms with E-state index in [0.29, 0.717) is 19.0 Å². The maximum Gasteiger partial charge on any atom is 0.328 e. The first-order chi connectivity index (χ1) is 9.52. The number of rotatable bonds is 2. The highest BCUT2D eigenvalue weighted by atomic mass is 16.4. The number of carboxylic acid groups (broad SMARTS) is 1. The summed E-state index contributed by atoms with van der Waals surface area (Å²) in [6, 6.07) is -1.30. The molecule has 0 saturated carbocycles. The SMILES string of the molecule is CCC1CCN(C(=O)N2CC(=O)NCC2C(=O)O)CC1. The minimum Gasteiger partial charge on any atom is -0.480 e. The Balaban J connectivity index is 2.02. The Morgan fingerprint density at radius 2 is 2.00 bits per heavy atom. The minimum absolute atomic E-state index is 0.0225. The van der Waals surface area contributed by atoms with Gasteiger partial charge >= 0.3 is 12.0 Å². The predicted octanol–water partition coefficient (Wildman–Crippen LogP) is 0.113. The van der Waals surface area contributed by atoms with Gasteiger partial charge < -0.3 is 15.3 Å². The van der Waals surface area contributed by atoms with Gasteiger partial charge in [0.05, 0.1) is 0 Å². The molecule has 0 aromatic rings. The molecule has 0 aliphatic carbocycles. The molecule has 2 aliphatic heterocycles. The van der Waals surface area contributed by atoms with Crippen LogP contribution in [0.5, 0.6) is 0 Å². The lowest BCUT2D eigenvalue weighted by molar-refractivity contribution is -0.144. The molecule has 1 atom stereocenters. The molecular weight excluding hydrogens is 262 g/mol. The van der Waals surface area contributed by atoms with Crippen molar-refractivity contribution in [3.8, 4) is 0 Å². The van der Waals surface area contributed by atoms with E-state index >= 15 is 0 Å². The average molecular weight is 283 g/mol. The van der Waals surface area contributed by atoms with Crippen LogP contribution in [0.15, 0.2) is 0 Å². The van der Waals surface area contributed by atoms with Crippen LogP contribution in [-0.2, 0) is 9.59 Å². The molecular formula is C13H21N3O4. The van der Waals surface area contributed by atoms with Gasteiger partial charge in [-0.2, -0.15) is 0 Å². The third-order valence-electron chi connectivity index (χ3n) is 4.18. The number of nitrogens with one attached hydrogen (secondary N) is 1. The summed E-state index contributed by atoms with van der Waals surface area (Å²) in [4.78, 5) is 37.9. The summed E-state index contributed by atoms with van der Waals surface area (Å²) in [5, 5.41) is 11.6. The van der Waals surface area contributed by atoms with E-state index in [4.69, 9.17) is 5.11 Å². The molecule has 0 aromatic carbocycles. The molecule has 0 radical (unpaired) electrons. The molecule has 2 heterocycles. The van der Waals surface area contributed by atoms with Gasteiger partial charge in [0.1, 0.15) is 12.6 Å². The van der Waals surface area contributed by atoms with Crippen molar-refractivity contribution >= 4 is 17.9 Å². The predicted molar refractivity (Wildman–Crippen MR) is 71.1 cm³/mol. The van der Waals surface area contributed by atoms with Crippen LogP contribution in [0.3, 0.4) is 0 Å². The van der Waals surface area contributed by atoms with Crippen molar-refractivity contribution in [1.29, 1.82) is 0 Å². The van der Waals surface area contributed by atoms with Gasteiger partial charge in [0.25, 0.3) is 0 Å². The Hall–Kier alpha value is -1.79. The summed E-state index contributed by atoms with van der Waals surface area (Å²) in [5.41, 5.74) is 0. The zero-order valence-electron chi connectivity index (χ0n) is 11.7. The van der Waals surface area contributed by atoms with Gasteiger partial charge in [-0.3, -0.25) is 9.69 Å². The molecule has 0 aromatic heterocycles. The lowest BCUT2D eigenvalue weighted by atomic mass is 9.94. The van der Waals surface area contributed by atoms with Crippen LogP contribution in [0.1, 0.15) is 26.2 Å². The van der Waals surface area contributed by atoms with Crippen LogP contribution in [-0.4, -0.2) is 65.0 Å². The normalized spacial score (nSPS) is 24.4. The first-order valence-corrected chi connectivity index (χ1v) is 7.08. The van der Waals surface area contributed by atoms with Crippen LogP contribution >= 0.6 is 0 Å². The fourth-order valence-corrected chi connectivity index (χ4v) is 2.78. The molecule has 1 unspecified atom stereocenters. The van der Waals surface area contributed by atoms with Crippen LogP contribution in [0.4, 0.5) is 4.79 Å². The van der Waals surface area contributed by atoms with E-state index in [9.17, 15) is 14.4 Å². The van der Waals surface area contributed by atoms with Gasteiger partial charge in [0.15, 0.2) is 0 Å². The van der Waals surface area contributed by atoms with E-state index in [1.54, 1.807) is 4.90 Å². The van der Waals surface area contributed by atoms with E-state index in [1.165, 1.54) is 4.90 Å². The maximum absolute atomic E-state index is 12.4. The number of hydrogen-bond donors (Lipinski definition) is 2. The van der Waals surface area contributed by atoms with E-state index < -0.39 is 12.0 Å². The van der Waals surface area contributed by atoms with E-state index in [0.717, 1.165) is 19.3 Å². The molecule has 2 N–H and O–H groups in total. The summed E-state index contributed by atoms with van der Waals surface area (Å²) in [7, 11) is 0. The highest BCUT2D eigenvalue weighted by Crippen LogP contribution is 2.21. The lowest BCUT2D eigenvalue weighted by Gasteiger charge is -2.39. The summed E-state index contributed by atoms with van der Waals surface area (Å²) in [5.74, 6) is -0.750. The molecule has 2 fully saturated rings. The number of hydrogen-bond acceptors (Lipinski definition) is 3. The van der Waals surface area contributed by atoms with Crippen molar-refractivity contribution in [3.63, 3.8) is 0 Å². The fourth-order valence-electron chi connectivity index (χ4n) is 2.78. The number of piperidine rings is 1. The first-order valence-electron chi connectivity index (χ1n) is 7.08. The molecule has 20 heavy (non-hydrogen) atoms. The number of nitrogens with zero attached hydrogens (tertiary/aromatic N) is 2. The number of likely N-dealkylation sites (tertiary alicyclic amines) is 1. The molecule has 2 rings (SSSR count). The van der Waals surface area contributed by atoms with Crippen molar-refractivity contribution in [1.82, 2.24) is 15.1 Å². The number of carboxylic acids is 1. The van der Waals surface area contributed by atoms with Crippen molar-refractivity contribution in [2.75, 3.05) is 26.2 Å². The number of aliphatic carboxylic acids is 1. The summed E-state index contributed by atoms with van der Waals surface area (Å²) in [6.45, 7) is 3.22. The van der Waals surface area contributed by atoms with Crippen LogP contribution in [0.25, 0.3) is 0 Å². The van der Waals surface area contributed by atoms with Crippen LogP contribution in [0, 0.1) is 5.92 Å². The first kappa shape index (κ1) is 14.6. The third-order valence-corrected chi connectivity index (χ3v) is 4.18. The standard InChI is InChI=1S/C13H21N3O4/c1-2-9-3-5-15(6-4-9)13(20)16-8-11(17)14-7-10(16)12(18)19/h9-10H,2-8H2,1H3,(H,14,17)(H,18,19). The molecule has 112 valence electrons. The molecule has 7 heteroatoms. The van der Waals surface area contributed by atoms with Gasteiger partial charge in [0, 0.05) is 19.6 Å². The molecule has 0 spiro atoms. The highest BCUT2D eigenvalue weighted by Gasteiger charge is 2.37. The summed E-state index contributed by atoms with van der Waals surface area (Å²) < 4.78 is 0. The zero-order chi connectivity index (χ0) is 14.7. The Labute approximate surface area is 117 Å². The monoisotopic (exact) mass is 283 g/mol. The zero-order valence-corrected chi connectivity index (χ0v) is 11.7. The quantitative estimate of drug-likeness (QED) is 0.753. The Morgan fingerprint density at radius 3 is 2.55 bits per heavy atom. The Morgan fingerprint density at radius 1 is 1.35 bits per heavy atom. The maximum atomic E-state index is 12.4. The number of piperazine rings is 1. The molecule has 7 nitrogen and oxygen atoms in total. The summed E-state index contributed by atoms with van der Waals surface area (Å²) >= 11 is 0. The smallest absolute Gasteiger partial charge is 0.328 e. The van der Waals surface area contributed by atoms with Gasteiger partial charge in [0.2, 0.25) is 5.91 Å². The number of urea groups is 1. The Bertz CT molecular complexity index is 404. The topological polar surface area (TPSA) is 90.0 Å². The average Bonchev–Trinajstić information content (AvgIpc) is 2.46. The van der Waals surface area contributed by atoms with Crippen molar-refractivity contribution in [2.45, 2.75) is 32.2 Å². The van der Waals surface area contributed by atoms with Gasteiger partial charge in [-0.1, -0.05) is 13.3 Å².